The highest BCUT2D eigenvalue weighted by atomic mass is 16.5. The van der Waals surface area contributed by atoms with Gasteiger partial charge in [0.2, 0.25) is 0 Å². The summed E-state index contributed by atoms with van der Waals surface area (Å²) in [5.41, 5.74) is 0.656. The van der Waals surface area contributed by atoms with E-state index in [4.69, 9.17) is 14.5 Å². The molecule has 0 heterocycles. The lowest BCUT2D eigenvalue weighted by atomic mass is 9.79. The van der Waals surface area contributed by atoms with Crippen molar-refractivity contribution in [3.05, 3.63) is 24.3 Å². The Morgan fingerprint density at radius 2 is 2.19 bits per heavy atom. The van der Waals surface area contributed by atoms with E-state index in [1.165, 1.54) is 0 Å². The van der Waals surface area contributed by atoms with Gasteiger partial charge in [0.25, 0.3) is 0 Å². The maximum atomic E-state index is 9.68. The number of hydrogen-bond donors (Lipinski definition) is 2. The van der Waals surface area contributed by atoms with Crippen LogP contribution in [0.25, 0.3) is 0 Å². The monoisotopic (exact) mass is 224 g/mol. The molecule has 0 aliphatic rings. The first-order valence-corrected chi connectivity index (χ1v) is 5.41. The molecule has 1 rings (SSSR count). The van der Waals surface area contributed by atoms with Gasteiger partial charge in [-0.15, -0.1) is 0 Å². The number of aliphatic hydroxyl groups is 1. The van der Waals surface area contributed by atoms with E-state index in [1.54, 1.807) is 18.2 Å². The summed E-state index contributed by atoms with van der Waals surface area (Å²) < 4.78 is 10.5. The lowest BCUT2D eigenvalue weighted by Gasteiger charge is -2.09. The fourth-order valence-electron chi connectivity index (χ4n) is 1.28. The van der Waals surface area contributed by atoms with E-state index >= 15 is 0 Å². The Labute approximate surface area is 96.0 Å². The molecule has 1 aromatic rings. The van der Waals surface area contributed by atoms with Crippen molar-refractivity contribution in [3.63, 3.8) is 0 Å². The van der Waals surface area contributed by atoms with Gasteiger partial charge in [-0.25, -0.2) is 0 Å². The maximum Gasteiger partial charge on any atom is 0.491 e. The first-order chi connectivity index (χ1) is 7.77. The predicted molar refractivity (Wildman–Crippen MR) is 62.9 cm³/mol. The Morgan fingerprint density at radius 3 is 2.88 bits per heavy atom. The molecular weight excluding hydrogens is 207 g/mol. The normalized spacial score (nSPS) is 10.2. The third kappa shape index (κ3) is 4.22. The van der Waals surface area contributed by atoms with Gasteiger partial charge in [-0.2, -0.15) is 0 Å². The second kappa shape index (κ2) is 7.27. The zero-order valence-corrected chi connectivity index (χ0v) is 9.43. The van der Waals surface area contributed by atoms with E-state index < -0.39 is 7.12 Å². The highest BCUT2D eigenvalue weighted by Gasteiger charge is 2.16. The van der Waals surface area contributed by atoms with E-state index in [2.05, 4.69) is 0 Å². The summed E-state index contributed by atoms with van der Waals surface area (Å²) in [6.45, 7) is 2.88. The topological polar surface area (TPSA) is 58.9 Å². The smallest absolute Gasteiger partial charge is 0.491 e. The molecule has 4 nitrogen and oxygen atoms in total. The van der Waals surface area contributed by atoms with Crippen molar-refractivity contribution in [1.29, 1.82) is 0 Å². The van der Waals surface area contributed by atoms with Crippen LogP contribution in [0.15, 0.2) is 24.3 Å². The van der Waals surface area contributed by atoms with Gasteiger partial charge >= 0.3 is 7.12 Å². The number of benzene rings is 1. The Hall–Kier alpha value is -1.04. The molecule has 0 saturated carbocycles. The number of aliphatic hydroxyl groups excluding tert-OH is 1. The van der Waals surface area contributed by atoms with Crippen LogP contribution in [0.3, 0.4) is 0 Å². The van der Waals surface area contributed by atoms with Crippen molar-refractivity contribution in [2.75, 3.05) is 19.8 Å². The average Bonchev–Trinajstić information content (AvgIpc) is 2.30. The zero-order valence-electron chi connectivity index (χ0n) is 9.43. The van der Waals surface area contributed by atoms with Gasteiger partial charge in [-0.1, -0.05) is 12.1 Å². The standard InChI is InChI=1S/C11H17BO4/c1-2-15-11-6-3-5-10(9-11)12(14)16-8-4-7-13/h3,5-6,9,13-14H,2,4,7-8H2,1H3. The first kappa shape index (κ1) is 13.0. The van der Waals surface area contributed by atoms with E-state index in [-0.39, 0.29) is 6.61 Å². The third-order valence-electron chi connectivity index (χ3n) is 2.03. The largest absolute Gasteiger partial charge is 0.494 e. The summed E-state index contributed by atoms with van der Waals surface area (Å²) in [4.78, 5) is 0. The zero-order chi connectivity index (χ0) is 11.8. The summed E-state index contributed by atoms with van der Waals surface area (Å²) in [6.07, 6.45) is 0.516. The molecule has 0 fully saturated rings. The number of hydrogen-bond acceptors (Lipinski definition) is 4. The molecule has 0 atom stereocenters. The fourth-order valence-corrected chi connectivity index (χ4v) is 1.28. The second-order valence-electron chi connectivity index (χ2n) is 3.31. The Kier molecular flexibility index (Phi) is 5.92. The minimum absolute atomic E-state index is 0.0612. The predicted octanol–water partition coefficient (Wildman–Crippen LogP) is 0.172. The van der Waals surface area contributed by atoms with Crippen molar-refractivity contribution >= 4 is 12.6 Å². The van der Waals surface area contributed by atoms with Gasteiger partial charge in [0, 0.05) is 13.2 Å². The molecule has 88 valence electrons. The highest BCUT2D eigenvalue weighted by Crippen LogP contribution is 2.07. The molecule has 0 bridgehead atoms. The Bertz CT molecular complexity index is 306. The van der Waals surface area contributed by atoms with Crippen LogP contribution in [0, 0.1) is 0 Å². The van der Waals surface area contributed by atoms with Crippen LogP contribution < -0.4 is 10.2 Å². The van der Waals surface area contributed by atoms with Crippen LogP contribution in [0.4, 0.5) is 0 Å². The fraction of sp³-hybridized carbons (Fsp3) is 0.455. The van der Waals surface area contributed by atoms with Crippen molar-refractivity contribution in [1.82, 2.24) is 0 Å². The summed E-state index contributed by atoms with van der Waals surface area (Å²) >= 11 is 0. The third-order valence-corrected chi connectivity index (χ3v) is 2.03. The van der Waals surface area contributed by atoms with E-state index in [9.17, 15) is 5.02 Å². The van der Waals surface area contributed by atoms with Crippen LogP contribution in [-0.2, 0) is 4.65 Å². The molecule has 0 spiro atoms. The number of rotatable bonds is 7. The molecule has 0 aromatic heterocycles. The quantitative estimate of drug-likeness (QED) is 0.512. The SMILES string of the molecule is CCOc1cccc(B(O)OCCCO)c1. The molecule has 0 aliphatic carbocycles. The lowest BCUT2D eigenvalue weighted by molar-refractivity contribution is 0.216. The molecule has 5 heteroatoms. The van der Waals surface area contributed by atoms with Crippen LogP contribution in [0.5, 0.6) is 5.75 Å². The minimum atomic E-state index is -0.966. The van der Waals surface area contributed by atoms with Crippen molar-refractivity contribution in [3.8, 4) is 5.75 Å². The molecule has 0 radical (unpaired) electrons. The molecule has 0 unspecified atom stereocenters. The molecule has 0 amide bonds. The highest BCUT2D eigenvalue weighted by molar-refractivity contribution is 6.60. The maximum absolute atomic E-state index is 9.68. The van der Waals surface area contributed by atoms with E-state index in [0.29, 0.717) is 30.8 Å². The Morgan fingerprint density at radius 1 is 1.38 bits per heavy atom. The van der Waals surface area contributed by atoms with Gasteiger partial charge in [0.15, 0.2) is 0 Å². The summed E-state index contributed by atoms with van der Waals surface area (Å²) in [5, 5.41) is 18.3. The van der Waals surface area contributed by atoms with Crippen LogP contribution in [0.2, 0.25) is 0 Å². The van der Waals surface area contributed by atoms with Gasteiger partial charge in [-0.05, 0) is 30.9 Å². The summed E-state index contributed by atoms with van der Waals surface area (Å²) in [5.74, 6) is 0.713. The molecular formula is C11H17BO4. The Balaban J connectivity index is 2.53. The van der Waals surface area contributed by atoms with Crippen LogP contribution >= 0.6 is 0 Å². The number of ether oxygens (including phenoxy) is 1. The molecule has 0 saturated heterocycles. The molecule has 0 aliphatic heterocycles. The van der Waals surface area contributed by atoms with Gasteiger partial charge in [-0.3, -0.25) is 0 Å². The summed E-state index contributed by atoms with van der Waals surface area (Å²) in [7, 11) is -0.966. The van der Waals surface area contributed by atoms with Crippen molar-refractivity contribution < 1.29 is 19.5 Å². The molecule has 2 N–H and O–H groups in total. The first-order valence-electron chi connectivity index (χ1n) is 5.41. The summed E-state index contributed by atoms with van der Waals surface area (Å²) in [6, 6.07) is 7.14. The minimum Gasteiger partial charge on any atom is -0.494 e. The molecule has 16 heavy (non-hydrogen) atoms. The van der Waals surface area contributed by atoms with Gasteiger partial charge < -0.3 is 19.5 Å². The molecule has 1 aromatic carbocycles. The lowest BCUT2D eigenvalue weighted by Crippen LogP contribution is -2.34. The average molecular weight is 224 g/mol. The van der Waals surface area contributed by atoms with E-state index in [0.717, 1.165) is 0 Å². The second-order valence-corrected chi connectivity index (χ2v) is 3.31. The van der Waals surface area contributed by atoms with Crippen LogP contribution in [-0.4, -0.2) is 37.1 Å². The van der Waals surface area contributed by atoms with E-state index in [1.807, 2.05) is 13.0 Å². The van der Waals surface area contributed by atoms with Crippen molar-refractivity contribution in [2.24, 2.45) is 0 Å². The van der Waals surface area contributed by atoms with Gasteiger partial charge in [0.1, 0.15) is 5.75 Å². The van der Waals surface area contributed by atoms with Crippen LogP contribution in [0.1, 0.15) is 13.3 Å². The van der Waals surface area contributed by atoms with Crippen molar-refractivity contribution in [2.45, 2.75) is 13.3 Å². The van der Waals surface area contributed by atoms with Gasteiger partial charge in [0.05, 0.1) is 6.61 Å².